The molecule has 8 heteroatoms. The van der Waals surface area contributed by atoms with E-state index in [2.05, 4.69) is 26.9 Å². The summed E-state index contributed by atoms with van der Waals surface area (Å²) in [5.41, 5.74) is 5.84. The van der Waals surface area contributed by atoms with Crippen molar-refractivity contribution in [2.45, 2.75) is 30.6 Å². The fourth-order valence-electron chi connectivity index (χ4n) is 4.09. The van der Waals surface area contributed by atoms with Gasteiger partial charge in [-0.25, -0.2) is 9.97 Å². The van der Waals surface area contributed by atoms with Gasteiger partial charge in [-0.2, -0.15) is 0 Å². The third kappa shape index (κ3) is 3.44. The van der Waals surface area contributed by atoms with Crippen molar-refractivity contribution in [3.63, 3.8) is 0 Å². The molecule has 1 N–H and O–H groups in total. The summed E-state index contributed by atoms with van der Waals surface area (Å²) in [6.45, 7) is 5.25. The van der Waals surface area contributed by atoms with Gasteiger partial charge in [0, 0.05) is 29.6 Å². The molecule has 3 heterocycles. The van der Waals surface area contributed by atoms with Crippen molar-refractivity contribution in [1.29, 1.82) is 0 Å². The summed E-state index contributed by atoms with van der Waals surface area (Å²) in [5, 5.41) is 2.79. The molecule has 1 aliphatic carbocycles. The Hall–Kier alpha value is -2.58. The number of rotatable bonds is 6. The number of morpholine rings is 1. The molecule has 1 saturated heterocycles. The third-order valence-electron chi connectivity index (χ3n) is 5.70. The number of hydrogen-bond acceptors (Lipinski definition) is 6. The van der Waals surface area contributed by atoms with Gasteiger partial charge in [-0.05, 0) is 50.3 Å². The highest BCUT2D eigenvalue weighted by Crippen LogP contribution is 2.43. The molecule has 2 aliphatic rings. The predicted octanol–water partition coefficient (Wildman–Crippen LogP) is 3.73. The quantitative estimate of drug-likeness (QED) is 0.481. The van der Waals surface area contributed by atoms with E-state index in [0.717, 1.165) is 90.2 Å². The zero-order valence-corrected chi connectivity index (χ0v) is 18.0. The lowest BCUT2D eigenvalue weighted by Gasteiger charge is -2.29. The van der Waals surface area contributed by atoms with E-state index in [1.54, 1.807) is 11.8 Å². The Morgan fingerprint density at radius 2 is 2.00 bits per heavy atom. The fraction of sp³-hybridized carbons (Fsp3) is 0.409. The van der Waals surface area contributed by atoms with Gasteiger partial charge in [0.2, 0.25) is 6.41 Å². The predicted molar refractivity (Wildman–Crippen MR) is 120 cm³/mol. The molecule has 1 amide bonds. The number of anilines is 2. The van der Waals surface area contributed by atoms with Gasteiger partial charge < -0.3 is 15.0 Å². The summed E-state index contributed by atoms with van der Waals surface area (Å²) in [6, 6.07) is 8.25. The summed E-state index contributed by atoms with van der Waals surface area (Å²) in [7, 11) is 0. The number of aromatic nitrogens is 3. The molecule has 2 aromatic heterocycles. The van der Waals surface area contributed by atoms with Gasteiger partial charge in [0.25, 0.3) is 0 Å². The minimum absolute atomic E-state index is 0.475. The number of hydrogen-bond donors (Lipinski definition) is 1. The van der Waals surface area contributed by atoms with Crippen LogP contribution in [-0.2, 0) is 9.53 Å². The first-order valence-electron chi connectivity index (χ1n) is 10.3. The molecule has 0 bridgehead atoms. The van der Waals surface area contributed by atoms with Gasteiger partial charge in [0.1, 0.15) is 11.3 Å². The second kappa shape index (κ2) is 7.92. The molecule has 156 valence electrons. The van der Waals surface area contributed by atoms with E-state index in [4.69, 9.17) is 14.7 Å². The highest BCUT2D eigenvalue weighted by molar-refractivity contribution is 7.98. The molecule has 1 aliphatic heterocycles. The molecule has 0 spiro atoms. The molecule has 1 aromatic carbocycles. The Morgan fingerprint density at radius 3 is 2.70 bits per heavy atom. The standard InChI is InChI=1S/C22H25N5O2S/c1-14-11-18(26-7-9-29-10-8-26)20-22(24-14)27(21(25-20)15-3-4-15)16-5-6-17(23-13-28)19(12-16)30-2/h5-6,11-13,15H,3-4,7-10H2,1-2H3,(H,23,28). The zero-order valence-electron chi connectivity index (χ0n) is 17.2. The molecule has 0 unspecified atom stereocenters. The minimum Gasteiger partial charge on any atom is -0.378 e. The first-order valence-corrected chi connectivity index (χ1v) is 11.5. The van der Waals surface area contributed by atoms with Crippen LogP contribution in [-0.4, -0.2) is 53.5 Å². The average molecular weight is 424 g/mol. The lowest BCUT2D eigenvalue weighted by molar-refractivity contribution is -0.105. The lowest BCUT2D eigenvalue weighted by atomic mass is 10.2. The molecular formula is C22H25N5O2S. The molecule has 2 fully saturated rings. The number of ether oxygens (including phenoxy) is 1. The molecule has 30 heavy (non-hydrogen) atoms. The first kappa shape index (κ1) is 19.4. The molecule has 5 rings (SSSR count). The number of benzene rings is 1. The van der Waals surface area contributed by atoms with E-state index in [1.165, 1.54) is 0 Å². The van der Waals surface area contributed by atoms with E-state index >= 15 is 0 Å². The van der Waals surface area contributed by atoms with Crippen LogP contribution in [0.2, 0.25) is 0 Å². The normalized spacial score (nSPS) is 16.8. The maximum Gasteiger partial charge on any atom is 0.211 e. The number of carbonyl (C=O) groups excluding carboxylic acids is 1. The van der Waals surface area contributed by atoms with Crippen LogP contribution in [0.15, 0.2) is 29.2 Å². The van der Waals surface area contributed by atoms with Gasteiger partial charge in [0.05, 0.1) is 30.3 Å². The number of imidazole rings is 1. The summed E-state index contributed by atoms with van der Waals surface area (Å²) in [4.78, 5) is 24.4. The van der Waals surface area contributed by atoms with Crippen LogP contribution in [0.3, 0.4) is 0 Å². The van der Waals surface area contributed by atoms with Crippen LogP contribution in [0.1, 0.15) is 30.3 Å². The SMILES string of the molecule is CSc1cc(-n2c(C3CC3)nc3c(N4CCOCC4)cc(C)nc32)ccc1NC=O. The van der Waals surface area contributed by atoms with Crippen LogP contribution in [0.25, 0.3) is 16.9 Å². The van der Waals surface area contributed by atoms with Crippen LogP contribution in [0.4, 0.5) is 11.4 Å². The smallest absolute Gasteiger partial charge is 0.211 e. The van der Waals surface area contributed by atoms with Gasteiger partial charge in [0.15, 0.2) is 5.65 Å². The van der Waals surface area contributed by atoms with Gasteiger partial charge in [-0.1, -0.05) is 0 Å². The second-order valence-electron chi connectivity index (χ2n) is 7.78. The molecular weight excluding hydrogens is 398 g/mol. The summed E-state index contributed by atoms with van der Waals surface area (Å²) < 4.78 is 7.77. The van der Waals surface area contributed by atoms with E-state index in [-0.39, 0.29) is 0 Å². The zero-order chi connectivity index (χ0) is 20.7. The molecule has 0 radical (unpaired) electrons. The number of thioether (sulfide) groups is 1. The maximum atomic E-state index is 10.9. The Kier molecular flexibility index (Phi) is 5.12. The van der Waals surface area contributed by atoms with Crippen LogP contribution in [0.5, 0.6) is 0 Å². The molecule has 3 aromatic rings. The number of nitrogens with zero attached hydrogens (tertiary/aromatic N) is 4. The van der Waals surface area contributed by atoms with Crippen LogP contribution >= 0.6 is 11.8 Å². The maximum absolute atomic E-state index is 10.9. The van der Waals surface area contributed by atoms with Crippen molar-refractivity contribution < 1.29 is 9.53 Å². The fourth-order valence-corrected chi connectivity index (χ4v) is 4.67. The summed E-state index contributed by atoms with van der Waals surface area (Å²) >= 11 is 1.61. The monoisotopic (exact) mass is 423 g/mol. The van der Waals surface area contributed by atoms with Crippen LogP contribution < -0.4 is 10.2 Å². The Bertz CT molecular complexity index is 1100. The van der Waals surface area contributed by atoms with Crippen molar-refractivity contribution in [1.82, 2.24) is 14.5 Å². The molecule has 0 atom stereocenters. The third-order valence-corrected chi connectivity index (χ3v) is 6.48. The van der Waals surface area contributed by atoms with Crippen LogP contribution in [0, 0.1) is 6.92 Å². The van der Waals surface area contributed by atoms with E-state index < -0.39 is 0 Å². The van der Waals surface area contributed by atoms with Crippen molar-refractivity contribution in [3.05, 3.63) is 35.8 Å². The number of aryl methyl sites for hydroxylation is 1. The lowest BCUT2D eigenvalue weighted by Crippen LogP contribution is -2.36. The first-order chi connectivity index (χ1) is 14.7. The number of fused-ring (bicyclic) bond motifs is 1. The van der Waals surface area contributed by atoms with Crippen molar-refractivity contribution >= 4 is 40.7 Å². The van der Waals surface area contributed by atoms with Crippen molar-refractivity contribution in [3.8, 4) is 5.69 Å². The van der Waals surface area contributed by atoms with E-state index in [1.807, 2.05) is 25.3 Å². The number of pyridine rings is 1. The Balaban J connectivity index is 1.70. The topological polar surface area (TPSA) is 72.3 Å². The van der Waals surface area contributed by atoms with Crippen molar-refractivity contribution in [2.24, 2.45) is 0 Å². The highest BCUT2D eigenvalue weighted by atomic mass is 32.2. The highest BCUT2D eigenvalue weighted by Gasteiger charge is 2.32. The largest absolute Gasteiger partial charge is 0.378 e. The average Bonchev–Trinajstić information content (AvgIpc) is 3.55. The number of carbonyl (C=O) groups is 1. The Labute approximate surface area is 179 Å². The number of amides is 1. The summed E-state index contributed by atoms with van der Waals surface area (Å²) in [5.74, 6) is 1.56. The van der Waals surface area contributed by atoms with Gasteiger partial charge >= 0.3 is 0 Å². The van der Waals surface area contributed by atoms with Gasteiger partial charge in [-0.15, -0.1) is 11.8 Å². The Morgan fingerprint density at radius 1 is 1.20 bits per heavy atom. The van der Waals surface area contributed by atoms with E-state index in [9.17, 15) is 4.79 Å². The van der Waals surface area contributed by atoms with E-state index in [0.29, 0.717) is 5.92 Å². The van der Waals surface area contributed by atoms with Gasteiger partial charge in [-0.3, -0.25) is 9.36 Å². The minimum atomic E-state index is 0.475. The number of nitrogens with one attached hydrogen (secondary N) is 1. The second-order valence-corrected chi connectivity index (χ2v) is 8.63. The molecule has 7 nitrogen and oxygen atoms in total. The van der Waals surface area contributed by atoms with Crippen molar-refractivity contribution in [2.75, 3.05) is 42.8 Å². The molecule has 1 saturated carbocycles. The summed E-state index contributed by atoms with van der Waals surface area (Å²) in [6.07, 6.45) is 5.06.